The third-order valence-electron chi connectivity index (χ3n) is 3.05. The van der Waals surface area contributed by atoms with Gasteiger partial charge in [0.15, 0.2) is 0 Å². The third kappa shape index (κ3) is 2.10. The zero-order valence-corrected chi connectivity index (χ0v) is 9.04. The lowest BCUT2D eigenvalue weighted by Gasteiger charge is -2.10. The number of aliphatic hydroxyl groups is 1. The largest absolute Gasteiger partial charge is 0.392 e. The summed E-state index contributed by atoms with van der Waals surface area (Å²) in [5.41, 5.74) is 1.06. The van der Waals surface area contributed by atoms with Gasteiger partial charge in [0.2, 0.25) is 0 Å². The molecule has 0 aliphatic heterocycles. The van der Waals surface area contributed by atoms with E-state index in [1.54, 1.807) is 0 Å². The van der Waals surface area contributed by atoms with Crippen LogP contribution in [-0.4, -0.2) is 11.2 Å². The van der Waals surface area contributed by atoms with E-state index in [2.05, 4.69) is 6.92 Å². The number of hydrogen-bond donors (Lipinski definition) is 1. The zero-order valence-electron chi connectivity index (χ0n) is 8.28. The van der Waals surface area contributed by atoms with Crippen molar-refractivity contribution in [3.05, 3.63) is 34.9 Å². The summed E-state index contributed by atoms with van der Waals surface area (Å²) in [5, 5.41) is 10.6. The third-order valence-corrected chi connectivity index (χ3v) is 3.42. The SMILES string of the molecule is CC1CC1C(O)Cc1ccccc1Cl. The molecule has 1 aliphatic carbocycles. The minimum absolute atomic E-state index is 0.218. The van der Waals surface area contributed by atoms with Crippen LogP contribution in [0.15, 0.2) is 24.3 Å². The molecule has 0 aromatic heterocycles. The summed E-state index contributed by atoms with van der Waals surface area (Å²) in [6.07, 6.45) is 1.63. The molecule has 1 aromatic rings. The molecule has 2 rings (SSSR count). The Bertz CT molecular complexity index is 324. The van der Waals surface area contributed by atoms with Crippen LogP contribution in [0.4, 0.5) is 0 Å². The number of benzene rings is 1. The molecule has 1 aromatic carbocycles. The lowest BCUT2D eigenvalue weighted by atomic mass is 10.0. The van der Waals surface area contributed by atoms with Crippen molar-refractivity contribution in [3.8, 4) is 0 Å². The van der Waals surface area contributed by atoms with Crippen LogP contribution >= 0.6 is 11.6 Å². The van der Waals surface area contributed by atoms with E-state index >= 15 is 0 Å². The maximum Gasteiger partial charge on any atom is 0.0611 e. The average Bonchev–Trinajstić information content (AvgIpc) is 2.87. The van der Waals surface area contributed by atoms with Crippen molar-refractivity contribution in [2.24, 2.45) is 11.8 Å². The summed E-state index contributed by atoms with van der Waals surface area (Å²) in [7, 11) is 0. The fraction of sp³-hybridized carbons (Fsp3) is 0.500. The van der Waals surface area contributed by atoms with Crippen molar-refractivity contribution in [1.29, 1.82) is 0 Å². The highest BCUT2D eigenvalue weighted by molar-refractivity contribution is 6.31. The topological polar surface area (TPSA) is 20.2 Å². The van der Waals surface area contributed by atoms with Crippen molar-refractivity contribution in [2.75, 3.05) is 0 Å². The van der Waals surface area contributed by atoms with Crippen LogP contribution in [0, 0.1) is 11.8 Å². The first-order valence-electron chi connectivity index (χ1n) is 5.10. The number of rotatable bonds is 3. The van der Waals surface area contributed by atoms with E-state index in [-0.39, 0.29) is 6.10 Å². The van der Waals surface area contributed by atoms with Gasteiger partial charge in [0.05, 0.1) is 6.10 Å². The Kier molecular flexibility index (Phi) is 2.80. The Balaban J connectivity index is 2.00. The quantitative estimate of drug-likeness (QED) is 0.814. The average molecular weight is 211 g/mol. The Hall–Kier alpha value is -0.530. The van der Waals surface area contributed by atoms with Gasteiger partial charge in [-0.25, -0.2) is 0 Å². The molecule has 0 saturated heterocycles. The molecule has 0 bridgehead atoms. The van der Waals surface area contributed by atoms with Crippen LogP contribution in [-0.2, 0) is 6.42 Å². The lowest BCUT2D eigenvalue weighted by molar-refractivity contribution is 0.146. The first-order chi connectivity index (χ1) is 6.68. The van der Waals surface area contributed by atoms with Crippen molar-refractivity contribution in [3.63, 3.8) is 0 Å². The molecule has 1 aliphatic rings. The molecule has 2 heteroatoms. The second kappa shape index (κ2) is 3.92. The van der Waals surface area contributed by atoms with Crippen molar-refractivity contribution >= 4 is 11.6 Å². The monoisotopic (exact) mass is 210 g/mol. The number of halogens is 1. The summed E-state index contributed by atoms with van der Waals surface area (Å²) in [6.45, 7) is 2.18. The second-order valence-corrected chi connectivity index (χ2v) is 4.65. The first kappa shape index (κ1) is 10.0. The smallest absolute Gasteiger partial charge is 0.0611 e. The highest BCUT2D eigenvalue weighted by Gasteiger charge is 2.38. The summed E-state index contributed by atoms with van der Waals surface area (Å²) in [4.78, 5) is 0. The molecule has 76 valence electrons. The maximum atomic E-state index is 9.88. The van der Waals surface area contributed by atoms with E-state index in [1.807, 2.05) is 24.3 Å². The normalized spacial score (nSPS) is 27.4. The maximum absolute atomic E-state index is 9.88. The molecule has 0 heterocycles. The molecule has 1 saturated carbocycles. The molecule has 14 heavy (non-hydrogen) atoms. The van der Waals surface area contributed by atoms with Crippen molar-refractivity contribution in [1.82, 2.24) is 0 Å². The molecule has 1 nitrogen and oxygen atoms in total. The van der Waals surface area contributed by atoms with Gasteiger partial charge >= 0.3 is 0 Å². The van der Waals surface area contributed by atoms with Gasteiger partial charge in [0.1, 0.15) is 0 Å². The van der Waals surface area contributed by atoms with Gasteiger partial charge in [-0.2, -0.15) is 0 Å². The molecule has 3 unspecified atom stereocenters. The van der Waals surface area contributed by atoms with E-state index in [4.69, 9.17) is 11.6 Å². The Labute approximate surface area is 89.7 Å². The van der Waals surface area contributed by atoms with Gasteiger partial charge in [0.25, 0.3) is 0 Å². The molecule has 1 N–H and O–H groups in total. The molecule has 3 atom stereocenters. The summed E-state index contributed by atoms with van der Waals surface area (Å²) >= 11 is 6.02. The summed E-state index contributed by atoms with van der Waals surface area (Å²) in [5.74, 6) is 1.18. The van der Waals surface area contributed by atoms with Gasteiger partial charge in [-0.05, 0) is 29.9 Å². The van der Waals surface area contributed by atoms with Gasteiger partial charge in [-0.3, -0.25) is 0 Å². The van der Waals surface area contributed by atoms with Crippen LogP contribution in [0.3, 0.4) is 0 Å². The highest BCUT2D eigenvalue weighted by Crippen LogP contribution is 2.41. The van der Waals surface area contributed by atoms with Gasteiger partial charge in [-0.15, -0.1) is 0 Å². The van der Waals surface area contributed by atoms with Crippen molar-refractivity contribution < 1.29 is 5.11 Å². The molecular formula is C12H15ClO. The van der Waals surface area contributed by atoms with Crippen LogP contribution < -0.4 is 0 Å². The Morgan fingerprint density at radius 2 is 2.14 bits per heavy atom. The minimum Gasteiger partial charge on any atom is -0.392 e. The standard InChI is InChI=1S/C12H15ClO/c1-8-6-10(8)12(14)7-9-4-2-3-5-11(9)13/h2-5,8,10,12,14H,6-7H2,1H3. The molecular weight excluding hydrogens is 196 g/mol. The molecule has 0 spiro atoms. The molecule has 0 radical (unpaired) electrons. The fourth-order valence-electron chi connectivity index (χ4n) is 1.93. The number of hydrogen-bond acceptors (Lipinski definition) is 1. The molecule has 1 fully saturated rings. The van der Waals surface area contributed by atoms with E-state index in [0.717, 1.165) is 17.0 Å². The zero-order chi connectivity index (χ0) is 10.1. The van der Waals surface area contributed by atoms with E-state index in [0.29, 0.717) is 18.3 Å². The van der Waals surface area contributed by atoms with Gasteiger partial charge in [-0.1, -0.05) is 36.7 Å². The second-order valence-electron chi connectivity index (χ2n) is 4.24. The van der Waals surface area contributed by atoms with Crippen LogP contribution in [0.1, 0.15) is 18.9 Å². The van der Waals surface area contributed by atoms with E-state index in [9.17, 15) is 5.11 Å². The highest BCUT2D eigenvalue weighted by atomic mass is 35.5. The van der Waals surface area contributed by atoms with Crippen molar-refractivity contribution in [2.45, 2.75) is 25.9 Å². The molecule has 0 amide bonds. The van der Waals surface area contributed by atoms with Gasteiger partial charge in [0, 0.05) is 11.4 Å². The minimum atomic E-state index is -0.218. The fourth-order valence-corrected chi connectivity index (χ4v) is 2.14. The predicted molar refractivity (Wildman–Crippen MR) is 58.4 cm³/mol. The van der Waals surface area contributed by atoms with Crippen LogP contribution in [0.5, 0.6) is 0 Å². The predicted octanol–water partition coefficient (Wildman–Crippen LogP) is 2.90. The van der Waals surface area contributed by atoms with E-state index < -0.39 is 0 Å². The Morgan fingerprint density at radius 3 is 2.71 bits per heavy atom. The van der Waals surface area contributed by atoms with Gasteiger partial charge < -0.3 is 5.11 Å². The number of aliphatic hydroxyl groups excluding tert-OH is 1. The summed E-state index contributed by atoms with van der Waals surface area (Å²) in [6, 6.07) is 7.74. The van der Waals surface area contributed by atoms with Crippen LogP contribution in [0.25, 0.3) is 0 Å². The lowest BCUT2D eigenvalue weighted by Crippen LogP contribution is -2.14. The summed E-state index contributed by atoms with van der Waals surface area (Å²) < 4.78 is 0. The Morgan fingerprint density at radius 1 is 1.50 bits per heavy atom. The first-order valence-corrected chi connectivity index (χ1v) is 5.47. The van der Waals surface area contributed by atoms with Crippen LogP contribution in [0.2, 0.25) is 5.02 Å². The van der Waals surface area contributed by atoms with E-state index in [1.165, 1.54) is 0 Å².